The van der Waals surface area contributed by atoms with E-state index in [1.807, 2.05) is 13.8 Å². The molecular weight excluding hydrogens is 190 g/mol. The Morgan fingerprint density at radius 2 is 2.20 bits per heavy atom. The maximum absolute atomic E-state index is 11.5. The SMILES string of the molecule is CC(C)c1n[nH]c(=O)c2c1C=C=NC=C2. The highest BCUT2D eigenvalue weighted by Crippen LogP contribution is 2.20. The number of H-pyrrole nitrogens is 1. The molecular formula is C11H11N3O. The van der Waals surface area contributed by atoms with E-state index in [1.165, 1.54) is 0 Å². The van der Waals surface area contributed by atoms with Gasteiger partial charge in [0.15, 0.2) is 0 Å². The van der Waals surface area contributed by atoms with Gasteiger partial charge in [-0.1, -0.05) is 13.8 Å². The van der Waals surface area contributed by atoms with Crippen molar-refractivity contribution in [2.75, 3.05) is 0 Å². The maximum Gasteiger partial charge on any atom is 0.272 e. The van der Waals surface area contributed by atoms with Gasteiger partial charge < -0.3 is 0 Å². The van der Waals surface area contributed by atoms with E-state index < -0.39 is 0 Å². The number of rotatable bonds is 1. The highest BCUT2D eigenvalue weighted by molar-refractivity contribution is 5.84. The van der Waals surface area contributed by atoms with Crippen LogP contribution in [-0.4, -0.2) is 16.1 Å². The van der Waals surface area contributed by atoms with Crippen LogP contribution in [-0.2, 0) is 0 Å². The van der Waals surface area contributed by atoms with Gasteiger partial charge in [0.2, 0.25) is 0 Å². The van der Waals surface area contributed by atoms with E-state index in [0.717, 1.165) is 11.3 Å². The van der Waals surface area contributed by atoms with E-state index in [1.54, 1.807) is 18.4 Å². The van der Waals surface area contributed by atoms with Crippen molar-refractivity contribution in [1.82, 2.24) is 10.2 Å². The van der Waals surface area contributed by atoms with Crippen LogP contribution in [0.25, 0.3) is 12.2 Å². The molecule has 76 valence electrons. The number of nitrogens with one attached hydrogen (secondary N) is 1. The Kier molecular flexibility index (Phi) is 2.35. The highest BCUT2D eigenvalue weighted by atomic mass is 16.1. The molecule has 0 amide bonds. The number of fused-ring (bicyclic) bond motifs is 1. The minimum absolute atomic E-state index is 0.194. The first-order valence-electron chi connectivity index (χ1n) is 4.78. The molecule has 1 aliphatic rings. The molecule has 0 spiro atoms. The monoisotopic (exact) mass is 201 g/mol. The van der Waals surface area contributed by atoms with E-state index in [9.17, 15) is 4.79 Å². The molecule has 1 aliphatic heterocycles. The average Bonchev–Trinajstić information content (AvgIpc) is 2.43. The van der Waals surface area contributed by atoms with Crippen molar-refractivity contribution in [3.8, 4) is 0 Å². The van der Waals surface area contributed by atoms with Gasteiger partial charge in [-0.25, -0.2) is 10.1 Å². The third kappa shape index (κ3) is 1.67. The molecule has 0 saturated carbocycles. The molecule has 4 heteroatoms. The minimum atomic E-state index is -0.194. The molecule has 0 unspecified atom stereocenters. The van der Waals surface area contributed by atoms with Gasteiger partial charge in [0.1, 0.15) is 0 Å². The first kappa shape index (κ1) is 9.62. The quantitative estimate of drug-likeness (QED) is 0.749. The van der Waals surface area contributed by atoms with Crippen LogP contribution >= 0.6 is 0 Å². The van der Waals surface area contributed by atoms with Crippen LogP contribution in [0, 0.1) is 0 Å². The normalized spacial score (nSPS) is 13.0. The molecule has 1 aromatic rings. The van der Waals surface area contributed by atoms with Gasteiger partial charge in [-0.2, -0.15) is 5.10 Å². The zero-order chi connectivity index (χ0) is 10.8. The summed E-state index contributed by atoms with van der Waals surface area (Å²) in [6, 6.07) is 0. The van der Waals surface area contributed by atoms with E-state index >= 15 is 0 Å². The zero-order valence-corrected chi connectivity index (χ0v) is 8.61. The Bertz CT molecular complexity index is 531. The molecule has 0 bridgehead atoms. The minimum Gasteiger partial charge on any atom is -0.267 e. The van der Waals surface area contributed by atoms with Gasteiger partial charge in [0.05, 0.1) is 11.3 Å². The standard InChI is InChI=1S/C11H11N3O/c1-7(2)10-8-3-5-12-6-4-9(8)11(15)14-13-10/h3-4,6-7H,1-2H3,(H,14,15). The summed E-state index contributed by atoms with van der Waals surface area (Å²) >= 11 is 0. The fourth-order valence-electron chi connectivity index (χ4n) is 1.51. The Morgan fingerprint density at radius 3 is 2.93 bits per heavy atom. The van der Waals surface area contributed by atoms with Gasteiger partial charge in [-0.15, -0.1) is 0 Å². The molecule has 0 fully saturated rings. The Balaban J connectivity index is 2.79. The zero-order valence-electron chi connectivity index (χ0n) is 8.61. The molecule has 0 radical (unpaired) electrons. The van der Waals surface area contributed by atoms with Crippen molar-refractivity contribution < 1.29 is 0 Å². The van der Waals surface area contributed by atoms with Crippen molar-refractivity contribution in [3.05, 3.63) is 33.4 Å². The van der Waals surface area contributed by atoms with E-state index in [4.69, 9.17) is 0 Å². The molecule has 1 aromatic heterocycles. The number of aliphatic imine (C=N–C) groups is 1. The molecule has 0 aliphatic carbocycles. The van der Waals surface area contributed by atoms with Crippen molar-refractivity contribution in [1.29, 1.82) is 0 Å². The Hall–Kier alpha value is -1.93. The first-order valence-corrected chi connectivity index (χ1v) is 4.78. The van der Waals surface area contributed by atoms with Crippen molar-refractivity contribution in [2.45, 2.75) is 19.8 Å². The Labute approximate surface area is 87.1 Å². The number of nitrogens with zero attached hydrogens (tertiary/aromatic N) is 2. The van der Waals surface area contributed by atoms with E-state index in [0.29, 0.717) is 5.56 Å². The van der Waals surface area contributed by atoms with Crippen LogP contribution in [0.3, 0.4) is 0 Å². The van der Waals surface area contributed by atoms with Gasteiger partial charge in [-0.3, -0.25) is 4.79 Å². The lowest BCUT2D eigenvalue weighted by atomic mass is 10.0. The summed E-state index contributed by atoms with van der Waals surface area (Å²) in [5.41, 5.74) is 2.08. The number of aromatic nitrogens is 2. The second-order valence-corrected chi connectivity index (χ2v) is 3.64. The van der Waals surface area contributed by atoms with Crippen molar-refractivity contribution in [2.24, 2.45) is 4.99 Å². The smallest absolute Gasteiger partial charge is 0.267 e. The topological polar surface area (TPSA) is 58.1 Å². The summed E-state index contributed by atoms with van der Waals surface area (Å²) in [6.07, 6.45) is 4.94. The van der Waals surface area contributed by atoms with Crippen molar-refractivity contribution >= 4 is 18.0 Å². The predicted octanol–water partition coefficient (Wildman–Crippen LogP) is 1.56. The van der Waals surface area contributed by atoms with Crippen LogP contribution in [0.4, 0.5) is 0 Å². The highest BCUT2D eigenvalue weighted by Gasteiger charge is 2.13. The van der Waals surface area contributed by atoms with E-state index in [2.05, 4.69) is 21.1 Å². The molecule has 15 heavy (non-hydrogen) atoms. The first-order chi connectivity index (χ1) is 7.20. The second-order valence-electron chi connectivity index (χ2n) is 3.64. The maximum atomic E-state index is 11.5. The largest absolute Gasteiger partial charge is 0.272 e. The fourth-order valence-corrected chi connectivity index (χ4v) is 1.51. The second kappa shape index (κ2) is 3.67. The number of hydrogen-bond acceptors (Lipinski definition) is 3. The van der Waals surface area contributed by atoms with Crippen LogP contribution < -0.4 is 5.56 Å². The van der Waals surface area contributed by atoms with Crippen LogP contribution in [0.2, 0.25) is 0 Å². The lowest BCUT2D eigenvalue weighted by Gasteiger charge is -2.08. The third-order valence-electron chi connectivity index (χ3n) is 2.23. The molecule has 0 aromatic carbocycles. The predicted molar refractivity (Wildman–Crippen MR) is 59.9 cm³/mol. The third-order valence-corrected chi connectivity index (χ3v) is 2.23. The fraction of sp³-hybridized carbons (Fsp3) is 0.273. The van der Waals surface area contributed by atoms with Gasteiger partial charge in [0.25, 0.3) is 5.56 Å². The lowest BCUT2D eigenvalue weighted by molar-refractivity contribution is 0.772. The van der Waals surface area contributed by atoms with Crippen LogP contribution in [0.15, 0.2) is 16.0 Å². The molecule has 0 atom stereocenters. The Morgan fingerprint density at radius 1 is 1.40 bits per heavy atom. The summed E-state index contributed by atoms with van der Waals surface area (Å²) in [6.45, 7) is 4.06. The average molecular weight is 201 g/mol. The lowest BCUT2D eigenvalue weighted by Crippen LogP contribution is -2.16. The number of hydrogen-bond donors (Lipinski definition) is 1. The van der Waals surface area contributed by atoms with Crippen LogP contribution in [0.5, 0.6) is 0 Å². The van der Waals surface area contributed by atoms with Gasteiger partial charge in [-0.05, 0) is 17.9 Å². The van der Waals surface area contributed by atoms with E-state index in [-0.39, 0.29) is 11.5 Å². The van der Waals surface area contributed by atoms with Crippen molar-refractivity contribution in [3.63, 3.8) is 0 Å². The molecule has 1 N–H and O–H groups in total. The molecule has 2 heterocycles. The summed E-state index contributed by atoms with van der Waals surface area (Å²) in [4.78, 5) is 15.4. The molecule has 0 saturated heterocycles. The number of aromatic amines is 1. The van der Waals surface area contributed by atoms with Gasteiger partial charge in [0, 0.05) is 17.8 Å². The summed E-state index contributed by atoms with van der Waals surface area (Å²) in [5, 5.41) is 6.54. The van der Waals surface area contributed by atoms with Crippen LogP contribution in [0.1, 0.15) is 36.6 Å². The summed E-state index contributed by atoms with van der Waals surface area (Å²) in [5.74, 6) is 3.00. The van der Waals surface area contributed by atoms with Gasteiger partial charge >= 0.3 is 0 Å². The summed E-state index contributed by atoms with van der Waals surface area (Å²) < 4.78 is 0. The molecule has 2 rings (SSSR count). The summed E-state index contributed by atoms with van der Waals surface area (Å²) in [7, 11) is 0. The molecule has 4 nitrogen and oxygen atoms in total.